The summed E-state index contributed by atoms with van der Waals surface area (Å²) in [5, 5.41) is 4.39. The van der Waals surface area contributed by atoms with E-state index in [0.29, 0.717) is 5.75 Å². The summed E-state index contributed by atoms with van der Waals surface area (Å²) in [4.78, 5) is 11.7. The molecule has 92 valence electrons. The van der Waals surface area contributed by atoms with Gasteiger partial charge in [-0.3, -0.25) is 9.48 Å². The molecule has 1 aliphatic heterocycles. The zero-order valence-corrected chi connectivity index (χ0v) is 10.0. The zero-order valence-electron chi connectivity index (χ0n) is 10.0. The number of aryl methyl sites for hydroxylation is 2. The Hall–Kier alpha value is -2.10. The normalized spacial score (nSPS) is 13.3. The van der Waals surface area contributed by atoms with Gasteiger partial charge in [-0.25, -0.2) is 0 Å². The molecule has 1 aliphatic rings. The quantitative estimate of drug-likeness (QED) is 0.610. The number of benzene rings is 1. The molecule has 0 radical (unpaired) electrons. The SMILES string of the molecule is O=C(Cc1cc2n(n1)CCC2)Oc1ccccc1. The van der Waals surface area contributed by atoms with E-state index in [2.05, 4.69) is 5.10 Å². The van der Waals surface area contributed by atoms with E-state index in [-0.39, 0.29) is 12.4 Å². The van der Waals surface area contributed by atoms with E-state index in [4.69, 9.17) is 4.74 Å². The molecule has 3 rings (SSSR count). The van der Waals surface area contributed by atoms with Crippen molar-refractivity contribution in [3.8, 4) is 5.75 Å². The van der Waals surface area contributed by atoms with Gasteiger partial charge in [-0.05, 0) is 31.0 Å². The fraction of sp³-hybridized carbons (Fsp3) is 0.286. The molecule has 0 spiro atoms. The maximum absolute atomic E-state index is 11.7. The number of hydrogen-bond acceptors (Lipinski definition) is 3. The molecule has 18 heavy (non-hydrogen) atoms. The smallest absolute Gasteiger partial charge is 0.317 e. The number of esters is 1. The number of para-hydroxylation sites is 1. The third kappa shape index (κ3) is 2.27. The van der Waals surface area contributed by atoms with Crippen molar-refractivity contribution in [3.05, 3.63) is 47.8 Å². The maximum Gasteiger partial charge on any atom is 0.317 e. The van der Waals surface area contributed by atoms with Gasteiger partial charge >= 0.3 is 5.97 Å². The minimum absolute atomic E-state index is 0.231. The van der Waals surface area contributed by atoms with Gasteiger partial charge in [-0.1, -0.05) is 18.2 Å². The van der Waals surface area contributed by atoms with Crippen LogP contribution in [-0.2, 0) is 24.2 Å². The van der Waals surface area contributed by atoms with Crippen molar-refractivity contribution in [2.45, 2.75) is 25.8 Å². The molecule has 0 atom stereocenters. The lowest BCUT2D eigenvalue weighted by molar-refractivity contribution is -0.133. The van der Waals surface area contributed by atoms with Crippen molar-refractivity contribution in [2.24, 2.45) is 0 Å². The summed E-state index contributed by atoms with van der Waals surface area (Å²) in [6, 6.07) is 11.1. The number of aromatic nitrogens is 2. The Bertz CT molecular complexity index is 539. The van der Waals surface area contributed by atoms with Crippen LogP contribution in [0.15, 0.2) is 36.4 Å². The molecule has 0 unspecified atom stereocenters. The van der Waals surface area contributed by atoms with Gasteiger partial charge in [0.1, 0.15) is 5.75 Å². The molecule has 0 N–H and O–H groups in total. The van der Waals surface area contributed by atoms with E-state index in [1.807, 2.05) is 28.9 Å². The number of carbonyl (C=O) groups excluding carboxylic acids is 1. The molecule has 0 saturated carbocycles. The highest BCUT2D eigenvalue weighted by atomic mass is 16.5. The van der Waals surface area contributed by atoms with Crippen LogP contribution in [0.4, 0.5) is 0 Å². The lowest BCUT2D eigenvalue weighted by Gasteiger charge is -2.02. The zero-order chi connectivity index (χ0) is 12.4. The molecule has 1 aromatic heterocycles. The predicted molar refractivity (Wildman–Crippen MR) is 66.3 cm³/mol. The van der Waals surface area contributed by atoms with Gasteiger partial charge in [0.2, 0.25) is 0 Å². The number of nitrogens with zero attached hydrogens (tertiary/aromatic N) is 2. The van der Waals surface area contributed by atoms with Crippen molar-refractivity contribution in [1.29, 1.82) is 0 Å². The van der Waals surface area contributed by atoms with E-state index in [1.165, 1.54) is 5.69 Å². The first-order chi connectivity index (χ1) is 8.81. The fourth-order valence-electron chi connectivity index (χ4n) is 2.21. The number of carbonyl (C=O) groups is 1. The summed E-state index contributed by atoms with van der Waals surface area (Å²) < 4.78 is 7.21. The third-order valence-electron chi connectivity index (χ3n) is 3.02. The van der Waals surface area contributed by atoms with Crippen LogP contribution in [0.5, 0.6) is 5.75 Å². The summed E-state index contributed by atoms with van der Waals surface area (Å²) in [5.41, 5.74) is 2.02. The lowest BCUT2D eigenvalue weighted by Crippen LogP contribution is -2.12. The van der Waals surface area contributed by atoms with Gasteiger partial charge in [0.05, 0.1) is 12.1 Å². The molecule has 2 heterocycles. The second-order valence-corrected chi connectivity index (χ2v) is 4.42. The first kappa shape index (κ1) is 11.0. The van der Waals surface area contributed by atoms with Crippen molar-refractivity contribution in [2.75, 3.05) is 0 Å². The Balaban J connectivity index is 1.64. The average molecular weight is 242 g/mol. The molecular formula is C14H14N2O2. The summed E-state index contributed by atoms with van der Waals surface area (Å²) >= 11 is 0. The second-order valence-electron chi connectivity index (χ2n) is 4.42. The van der Waals surface area contributed by atoms with Crippen LogP contribution in [0.1, 0.15) is 17.8 Å². The molecule has 4 heteroatoms. The van der Waals surface area contributed by atoms with Crippen LogP contribution in [0.2, 0.25) is 0 Å². The first-order valence-corrected chi connectivity index (χ1v) is 6.12. The van der Waals surface area contributed by atoms with Crippen LogP contribution in [0.25, 0.3) is 0 Å². The van der Waals surface area contributed by atoms with Crippen LogP contribution < -0.4 is 4.74 Å². The molecule has 0 aliphatic carbocycles. The highest BCUT2D eigenvalue weighted by molar-refractivity contribution is 5.74. The standard InChI is InChI=1S/C14H14N2O2/c17-14(18-13-6-2-1-3-7-13)10-11-9-12-5-4-8-16(12)15-11/h1-3,6-7,9H,4-5,8,10H2. The minimum atomic E-state index is -0.266. The van der Waals surface area contributed by atoms with Gasteiger partial charge in [0.25, 0.3) is 0 Å². The highest BCUT2D eigenvalue weighted by Gasteiger charge is 2.16. The van der Waals surface area contributed by atoms with Crippen molar-refractivity contribution < 1.29 is 9.53 Å². The predicted octanol–water partition coefficient (Wildman–Crippen LogP) is 1.98. The van der Waals surface area contributed by atoms with E-state index >= 15 is 0 Å². The van der Waals surface area contributed by atoms with Crippen molar-refractivity contribution in [3.63, 3.8) is 0 Å². The van der Waals surface area contributed by atoms with Crippen molar-refractivity contribution in [1.82, 2.24) is 9.78 Å². The lowest BCUT2D eigenvalue weighted by atomic mass is 10.2. The minimum Gasteiger partial charge on any atom is -0.426 e. The van der Waals surface area contributed by atoms with Gasteiger partial charge in [-0.15, -0.1) is 0 Å². The van der Waals surface area contributed by atoms with Crippen LogP contribution >= 0.6 is 0 Å². The average Bonchev–Trinajstić information content (AvgIpc) is 2.90. The Morgan fingerprint density at radius 1 is 1.33 bits per heavy atom. The summed E-state index contributed by atoms with van der Waals surface area (Å²) in [5.74, 6) is 0.312. The van der Waals surface area contributed by atoms with Crippen molar-refractivity contribution >= 4 is 5.97 Å². The van der Waals surface area contributed by atoms with E-state index in [1.54, 1.807) is 12.1 Å². The topological polar surface area (TPSA) is 44.1 Å². The summed E-state index contributed by atoms with van der Waals surface area (Å²) in [6.07, 6.45) is 2.44. The number of hydrogen-bond donors (Lipinski definition) is 0. The molecule has 0 amide bonds. The Morgan fingerprint density at radius 3 is 2.94 bits per heavy atom. The largest absolute Gasteiger partial charge is 0.426 e. The molecule has 0 fully saturated rings. The molecule has 2 aromatic rings. The molecule has 0 saturated heterocycles. The molecule has 1 aromatic carbocycles. The molecular weight excluding hydrogens is 228 g/mol. The maximum atomic E-state index is 11.7. The van der Waals surface area contributed by atoms with Crippen LogP contribution in [-0.4, -0.2) is 15.7 Å². The number of rotatable bonds is 3. The molecule has 4 nitrogen and oxygen atoms in total. The third-order valence-corrected chi connectivity index (χ3v) is 3.02. The Morgan fingerprint density at radius 2 is 2.17 bits per heavy atom. The Kier molecular flexibility index (Phi) is 2.84. The summed E-state index contributed by atoms with van der Waals surface area (Å²) in [7, 11) is 0. The van der Waals surface area contributed by atoms with Gasteiger partial charge < -0.3 is 4.74 Å². The fourth-order valence-corrected chi connectivity index (χ4v) is 2.21. The summed E-state index contributed by atoms with van der Waals surface area (Å²) in [6.45, 7) is 0.961. The van der Waals surface area contributed by atoms with Crippen LogP contribution in [0.3, 0.4) is 0 Å². The Labute approximate surface area is 105 Å². The van der Waals surface area contributed by atoms with Gasteiger partial charge in [0.15, 0.2) is 0 Å². The van der Waals surface area contributed by atoms with E-state index in [9.17, 15) is 4.79 Å². The monoisotopic (exact) mass is 242 g/mol. The van der Waals surface area contributed by atoms with Gasteiger partial charge in [-0.2, -0.15) is 5.10 Å². The first-order valence-electron chi connectivity index (χ1n) is 6.12. The molecule has 0 bridgehead atoms. The number of ether oxygens (including phenoxy) is 1. The number of fused-ring (bicyclic) bond motifs is 1. The van der Waals surface area contributed by atoms with Gasteiger partial charge in [0, 0.05) is 12.2 Å². The van der Waals surface area contributed by atoms with E-state index < -0.39 is 0 Å². The second kappa shape index (κ2) is 4.64. The van der Waals surface area contributed by atoms with E-state index in [0.717, 1.165) is 25.1 Å². The van der Waals surface area contributed by atoms with Crippen LogP contribution in [0, 0.1) is 0 Å². The highest BCUT2D eigenvalue weighted by Crippen LogP contribution is 2.16.